The third-order valence-electron chi connectivity index (χ3n) is 5.64. The highest BCUT2D eigenvalue weighted by molar-refractivity contribution is 5.78. The summed E-state index contributed by atoms with van der Waals surface area (Å²) in [4.78, 5) is 13.1. The number of hydrogen-bond acceptors (Lipinski definition) is 3. The zero-order valence-corrected chi connectivity index (χ0v) is 14.7. The Bertz CT molecular complexity index is 323. The van der Waals surface area contributed by atoms with Gasteiger partial charge in [0.05, 0.1) is 18.6 Å². The first-order chi connectivity index (χ1) is 10.6. The monoisotopic (exact) mass is 310 g/mol. The highest BCUT2D eigenvalue weighted by atomic mass is 16.5. The van der Waals surface area contributed by atoms with E-state index in [1.54, 1.807) is 0 Å². The quantitative estimate of drug-likeness (QED) is 0.615. The Labute approximate surface area is 136 Å². The van der Waals surface area contributed by atoms with E-state index in [-0.39, 0.29) is 11.4 Å². The molecule has 0 saturated heterocycles. The standard InChI is InChI=1S/C19H34O3/c1-4-21-14-19(16-9-5-6-10-16,17-11-7-8-12-17)18(20)22-13-15(2)3/h15-17H,4-14H2,1-3H3. The highest BCUT2D eigenvalue weighted by Crippen LogP contribution is 2.51. The maximum absolute atomic E-state index is 13.1. The van der Waals surface area contributed by atoms with Gasteiger partial charge in [-0.1, -0.05) is 39.5 Å². The second kappa shape index (κ2) is 8.33. The Balaban J connectivity index is 2.23. The molecule has 0 aromatic heterocycles. The second-order valence-electron chi connectivity index (χ2n) is 7.63. The van der Waals surface area contributed by atoms with Crippen LogP contribution in [0.5, 0.6) is 0 Å². The van der Waals surface area contributed by atoms with Crippen LogP contribution in [0.2, 0.25) is 0 Å². The van der Waals surface area contributed by atoms with Gasteiger partial charge in [-0.15, -0.1) is 0 Å². The van der Waals surface area contributed by atoms with Crippen molar-refractivity contribution in [1.29, 1.82) is 0 Å². The van der Waals surface area contributed by atoms with E-state index in [1.807, 2.05) is 6.92 Å². The van der Waals surface area contributed by atoms with E-state index in [2.05, 4.69) is 13.8 Å². The Morgan fingerprint density at radius 1 is 1.05 bits per heavy atom. The summed E-state index contributed by atoms with van der Waals surface area (Å²) in [7, 11) is 0. The molecular weight excluding hydrogens is 276 g/mol. The number of rotatable bonds is 8. The minimum atomic E-state index is -0.377. The lowest BCUT2D eigenvalue weighted by Crippen LogP contribution is -2.48. The van der Waals surface area contributed by atoms with Crippen molar-refractivity contribution in [3.63, 3.8) is 0 Å². The number of carbonyl (C=O) groups excluding carboxylic acids is 1. The first kappa shape index (κ1) is 17.8. The van der Waals surface area contributed by atoms with Crippen molar-refractivity contribution in [1.82, 2.24) is 0 Å². The third-order valence-corrected chi connectivity index (χ3v) is 5.64. The van der Waals surface area contributed by atoms with E-state index in [0.717, 1.165) is 0 Å². The van der Waals surface area contributed by atoms with Crippen molar-refractivity contribution < 1.29 is 14.3 Å². The van der Waals surface area contributed by atoms with Crippen LogP contribution in [0.25, 0.3) is 0 Å². The molecule has 128 valence electrons. The summed E-state index contributed by atoms with van der Waals surface area (Å²) in [5.41, 5.74) is -0.377. The van der Waals surface area contributed by atoms with Crippen LogP contribution in [0.3, 0.4) is 0 Å². The molecule has 0 atom stereocenters. The summed E-state index contributed by atoms with van der Waals surface area (Å²) in [5.74, 6) is 1.35. The van der Waals surface area contributed by atoms with E-state index in [1.165, 1.54) is 51.4 Å². The zero-order valence-electron chi connectivity index (χ0n) is 14.7. The Hall–Kier alpha value is -0.570. The highest BCUT2D eigenvalue weighted by Gasteiger charge is 2.53. The molecule has 2 aliphatic rings. The summed E-state index contributed by atoms with van der Waals surface area (Å²) in [6.45, 7) is 8.00. The lowest BCUT2D eigenvalue weighted by molar-refractivity contribution is -0.172. The van der Waals surface area contributed by atoms with Gasteiger partial charge in [0.2, 0.25) is 0 Å². The van der Waals surface area contributed by atoms with Gasteiger partial charge in [0.25, 0.3) is 0 Å². The smallest absolute Gasteiger partial charge is 0.315 e. The molecule has 22 heavy (non-hydrogen) atoms. The van der Waals surface area contributed by atoms with Crippen LogP contribution in [0, 0.1) is 23.2 Å². The molecule has 0 N–H and O–H groups in total. The average molecular weight is 310 g/mol. The number of carbonyl (C=O) groups is 1. The largest absolute Gasteiger partial charge is 0.465 e. The molecule has 0 spiro atoms. The first-order valence-electron chi connectivity index (χ1n) is 9.36. The van der Waals surface area contributed by atoms with Gasteiger partial charge >= 0.3 is 5.97 Å². The minimum Gasteiger partial charge on any atom is -0.465 e. The van der Waals surface area contributed by atoms with Crippen LogP contribution >= 0.6 is 0 Å². The third kappa shape index (κ3) is 3.84. The van der Waals surface area contributed by atoms with Crippen molar-refractivity contribution in [3.8, 4) is 0 Å². The average Bonchev–Trinajstić information content (AvgIpc) is 3.19. The molecule has 2 aliphatic carbocycles. The molecule has 0 amide bonds. The summed E-state index contributed by atoms with van der Waals surface area (Å²) < 4.78 is 11.6. The van der Waals surface area contributed by atoms with Crippen LogP contribution in [-0.2, 0) is 14.3 Å². The van der Waals surface area contributed by atoms with Crippen molar-refractivity contribution in [2.45, 2.75) is 72.1 Å². The molecule has 0 bridgehead atoms. The molecular formula is C19H34O3. The van der Waals surface area contributed by atoms with E-state index < -0.39 is 0 Å². The van der Waals surface area contributed by atoms with E-state index in [9.17, 15) is 4.79 Å². The lowest BCUT2D eigenvalue weighted by Gasteiger charge is -2.41. The summed E-state index contributed by atoms with van der Waals surface area (Å²) >= 11 is 0. The predicted octanol–water partition coefficient (Wildman–Crippen LogP) is 4.59. The van der Waals surface area contributed by atoms with E-state index in [4.69, 9.17) is 9.47 Å². The predicted molar refractivity (Wildman–Crippen MR) is 88.6 cm³/mol. The van der Waals surface area contributed by atoms with Crippen LogP contribution in [0.15, 0.2) is 0 Å². The molecule has 0 heterocycles. The molecule has 0 aromatic carbocycles. The second-order valence-corrected chi connectivity index (χ2v) is 7.63. The zero-order chi connectivity index (χ0) is 16.0. The van der Waals surface area contributed by atoms with Gasteiger partial charge in [0, 0.05) is 6.61 Å². The van der Waals surface area contributed by atoms with E-state index >= 15 is 0 Å². The number of hydrogen-bond donors (Lipinski definition) is 0. The Morgan fingerprint density at radius 3 is 1.95 bits per heavy atom. The molecule has 3 heteroatoms. The Kier molecular flexibility index (Phi) is 6.73. The van der Waals surface area contributed by atoms with Crippen LogP contribution in [0.4, 0.5) is 0 Å². The van der Waals surface area contributed by atoms with Crippen molar-refractivity contribution in [3.05, 3.63) is 0 Å². The van der Waals surface area contributed by atoms with Gasteiger partial charge in [-0.05, 0) is 50.4 Å². The normalized spacial score (nSPS) is 20.9. The molecule has 2 rings (SSSR count). The number of esters is 1. The topological polar surface area (TPSA) is 35.5 Å². The first-order valence-corrected chi connectivity index (χ1v) is 9.36. The fourth-order valence-corrected chi connectivity index (χ4v) is 4.49. The summed E-state index contributed by atoms with van der Waals surface area (Å²) in [6.07, 6.45) is 9.68. The summed E-state index contributed by atoms with van der Waals surface area (Å²) in [6, 6.07) is 0. The fraction of sp³-hybridized carbons (Fsp3) is 0.947. The van der Waals surface area contributed by atoms with Gasteiger partial charge in [-0.25, -0.2) is 0 Å². The van der Waals surface area contributed by atoms with Gasteiger partial charge in [0.15, 0.2) is 0 Å². The molecule has 3 nitrogen and oxygen atoms in total. The molecule has 2 fully saturated rings. The molecule has 0 aromatic rings. The SMILES string of the molecule is CCOCC(C(=O)OCC(C)C)(C1CCCC1)C1CCCC1. The van der Waals surface area contributed by atoms with Crippen molar-refractivity contribution in [2.24, 2.45) is 23.2 Å². The molecule has 2 saturated carbocycles. The van der Waals surface area contributed by atoms with Crippen LogP contribution in [-0.4, -0.2) is 25.8 Å². The van der Waals surface area contributed by atoms with Gasteiger partial charge in [-0.2, -0.15) is 0 Å². The van der Waals surface area contributed by atoms with Gasteiger partial charge in [-0.3, -0.25) is 4.79 Å². The maximum atomic E-state index is 13.1. The van der Waals surface area contributed by atoms with Gasteiger partial charge < -0.3 is 9.47 Å². The fourth-order valence-electron chi connectivity index (χ4n) is 4.49. The van der Waals surface area contributed by atoms with Crippen molar-refractivity contribution in [2.75, 3.05) is 19.8 Å². The lowest BCUT2D eigenvalue weighted by atomic mass is 9.65. The van der Waals surface area contributed by atoms with Gasteiger partial charge in [0.1, 0.15) is 0 Å². The Morgan fingerprint density at radius 2 is 1.55 bits per heavy atom. The van der Waals surface area contributed by atoms with Crippen LogP contribution < -0.4 is 0 Å². The minimum absolute atomic E-state index is 0.0356. The summed E-state index contributed by atoms with van der Waals surface area (Å²) in [5, 5.41) is 0. The van der Waals surface area contributed by atoms with Crippen molar-refractivity contribution >= 4 is 5.97 Å². The van der Waals surface area contributed by atoms with Crippen LogP contribution in [0.1, 0.15) is 72.1 Å². The van der Waals surface area contributed by atoms with E-state index in [0.29, 0.717) is 37.6 Å². The number of ether oxygens (including phenoxy) is 2. The molecule has 0 radical (unpaired) electrons. The maximum Gasteiger partial charge on any atom is 0.315 e. The molecule has 0 aliphatic heterocycles. The molecule has 0 unspecified atom stereocenters.